The fourth-order valence-electron chi connectivity index (χ4n) is 2.82. The van der Waals surface area contributed by atoms with Gasteiger partial charge in [0.15, 0.2) is 0 Å². The molecule has 1 heterocycles. The Hall–Kier alpha value is -1.36. The maximum absolute atomic E-state index is 12.4. The third-order valence-corrected chi connectivity index (χ3v) is 4.18. The van der Waals surface area contributed by atoms with Crippen LogP contribution in [0.1, 0.15) is 37.3 Å². The molecular weight excluding hydrogens is 240 g/mol. The van der Waals surface area contributed by atoms with Crippen LogP contribution in [-0.4, -0.2) is 28.8 Å². The van der Waals surface area contributed by atoms with Crippen LogP contribution >= 0.6 is 0 Å². The topological polar surface area (TPSA) is 59.0 Å². The number of hydrogen-bond donors (Lipinski definition) is 2. The molecular formula is C14H22N4O. The Morgan fingerprint density at radius 3 is 2.42 bits per heavy atom. The lowest BCUT2D eigenvalue weighted by Crippen LogP contribution is -2.43. The van der Waals surface area contributed by atoms with Crippen molar-refractivity contribution in [1.82, 2.24) is 20.4 Å². The van der Waals surface area contributed by atoms with Crippen molar-refractivity contribution < 1.29 is 4.79 Å². The second-order valence-corrected chi connectivity index (χ2v) is 5.88. The highest BCUT2D eigenvalue weighted by atomic mass is 16.2. The van der Waals surface area contributed by atoms with E-state index >= 15 is 0 Å². The summed E-state index contributed by atoms with van der Waals surface area (Å²) in [5.41, 5.74) is 0.924. The third-order valence-electron chi connectivity index (χ3n) is 4.18. The van der Waals surface area contributed by atoms with E-state index < -0.39 is 0 Å². The summed E-state index contributed by atoms with van der Waals surface area (Å²) in [4.78, 5) is 12.4. The molecule has 1 aromatic heterocycles. The molecule has 0 saturated heterocycles. The van der Waals surface area contributed by atoms with Crippen molar-refractivity contribution in [3.05, 3.63) is 18.0 Å². The SMILES string of the molecule is CNC(C(=O)NC(C1CC1)C1CC1)c1cnn(C)c1. The van der Waals surface area contributed by atoms with E-state index in [9.17, 15) is 4.79 Å². The average molecular weight is 262 g/mol. The number of rotatable bonds is 6. The molecule has 1 aromatic rings. The Kier molecular flexibility index (Phi) is 3.31. The number of likely N-dealkylation sites (N-methyl/N-ethyl adjacent to an activating group) is 1. The minimum atomic E-state index is -0.298. The van der Waals surface area contributed by atoms with E-state index in [1.807, 2.05) is 20.3 Å². The van der Waals surface area contributed by atoms with E-state index in [1.54, 1.807) is 10.9 Å². The molecule has 2 aliphatic carbocycles. The normalized spacial score (nSPS) is 20.6. The molecule has 0 aliphatic heterocycles. The number of aromatic nitrogens is 2. The number of hydrogen-bond acceptors (Lipinski definition) is 3. The summed E-state index contributed by atoms with van der Waals surface area (Å²) in [7, 11) is 3.69. The van der Waals surface area contributed by atoms with Gasteiger partial charge in [-0.3, -0.25) is 9.48 Å². The smallest absolute Gasteiger partial charge is 0.242 e. The number of nitrogens with zero attached hydrogens (tertiary/aromatic N) is 2. The van der Waals surface area contributed by atoms with Gasteiger partial charge in [0, 0.05) is 24.8 Å². The van der Waals surface area contributed by atoms with Crippen LogP contribution in [-0.2, 0) is 11.8 Å². The van der Waals surface area contributed by atoms with Gasteiger partial charge in [-0.05, 0) is 44.6 Å². The van der Waals surface area contributed by atoms with Gasteiger partial charge in [-0.15, -0.1) is 0 Å². The molecule has 2 N–H and O–H groups in total. The van der Waals surface area contributed by atoms with E-state index in [0.717, 1.165) is 17.4 Å². The zero-order valence-electron chi connectivity index (χ0n) is 11.6. The van der Waals surface area contributed by atoms with Crippen LogP contribution in [0, 0.1) is 11.8 Å². The number of aryl methyl sites for hydroxylation is 1. The maximum atomic E-state index is 12.4. The van der Waals surface area contributed by atoms with Gasteiger partial charge in [0.25, 0.3) is 0 Å². The summed E-state index contributed by atoms with van der Waals surface area (Å²) in [5.74, 6) is 1.53. The van der Waals surface area contributed by atoms with Crippen LogP contribution in [0.15, 0.2) is 12.4 Å². The molecule has 0 aromatic carbocycles. The van der Waals surface area contributed by atoms with Crippen LogP contribution in [0.5, 0.6) is 0 Å². The third kappa shape index (κ3) is 2.81. The van der Waals surface area contributed by atoms with Crippen molar-refractivity contribution in [2.45, 2.75) is 37.8 Å². The lowest BCUT2D eigenvalue weighted by Gasteiger charge is -2.21. The Labute approximate surface area is 113 Å². The molecule has 19 heavy (non-hydrogen) atoms. The van der Waals surface area contributed by atoms with E-state index in [-0.39, 0.29) is 11.9 Å². The van der Waals surface area contributed by atoms with Crippen LogP contribution in [0.3, 0.4) is 0 Å². The van der Waals surface area contributed by atoms with Crippen molar-refractivity contribution in [3.63, 3.8) is 0 Å². The molecule has 2 saturated carbocycles. The van der Waals surface area contributed by atoms with Gasteiger partial charge in [-0.25, -0.2) is 0 Å². The summed E-state index contributed by atoms with van der Waals surface area (Å²) < 4.78 is 1.73. The highest BCUT2D eigenvalue weighted by Crippen LogP contribution is 2.44. The molecule has 1 unspecified atom stereocenters. The summed E-state index contributed by atoms with van der Waals surface area (Å²) in [6, 6.07) is 0.105. The summed E-state index contributed by atoms with van der Waals surface area (Å²) in [6.45, 7) is 0. The predicted molar refractivity (Wildman–Crippen MR) is 72.4 cm³/mol. The molecule has 3 rings (SSSR count). The molecule has 2 aliphatic rings. The molecule has 5 nitrogen and oxygen atoms in total. The number of carbonyl (C=O) groups excluding carboxylic acids is 1. The number of nitrogens with one attached hydrogen (secondary N) is 2. The zero-order chi connectivity index (χ0) is 13.4. The average Bonchev–Trinajstić information content (AvgIpc) is 3.28. The highest BCUT2D eigenvalue weighted by Gasteiger charge is 2.42. The Morgan fingerprint density at radius 2 is 2.00 bits per heavy atom. The predicted octanol–water partition coefficient (Wildman–Crippen LogP) is 0.985. The molecule has 0 spiro atoms. The highest BCUT2D eigenvalue weighted by molar-refractivity contribution is 5.83. The zero-order valence-corrected chi connectivity index (χ0v) is 11.6. The Bertz CT molecular complexity index is 450. The summed E-state index contributed by atoms with van der Waals surface area (Å²) in [5, 5.41) is 10.5. The first-order valence-electron chi connectivity index (χ1n) is 7.15. The van der Waals surface area contributed by atoms with Gasteiger partial charge in [0.05, 0.1) is 6.20 Å². The van der Waals surface area contributed by atoms with E-state index in [2.05, 4.69) is 15.7 Å². The largest absolute Gasteiger partial charge is 0.351 e. The minimum absolute atomic E-state index is 0.0827. The molecule has 5 heteroatoms. The lowest BCUT2D eigenvalue weighted by atomic mass is 10.1. The van der Waals surface area contributed by atoms with E-state index in [0.29, 0.717) is 6.04 Å². The van der Waals surface area contributed by atoms with Crippen molar-refractivity contribution in [1.29, 1.82) is 0 Å². The van der Waals surface area contributed by atoms with Crippen molar-refractivity contribution in [3.8, 4) is 0 Å². The Morgan fingerprint density at radius 1 is 1.37 bits per heavy atom. The Balaban J connectivity index is 1.66. The molecule has 1 amide bonds. The molecule has 104 valence electrons. The van der Waals surface area contributed by atoms with Gasteiger partial charge in [0.1, 0.15) is 6.04 Å². The van der Waals surface area contributed by atoms with Gasteiger partial charge < -0.3 is 10.6 Å². The number of amides is 1. The molecule has 1 atom stereocenters. The van der Waals surface area contributed by atoms with Gasteiger partial charge >= 0.3 is 0 Å². The fourth-order valence-corrected chi connectivity index (χ4v) is 2.82. The lowest BCUT2D eigenvalue weighted by molar-refractivity contribution is -0.124. The van der Waals surface area contributed by atoms with Crippen LogP contribution in [0.25, 0.3) is 0 Å². The van der Waals surface area contributed by atoms with Gasteiger partial charge in [-0.2, -0.15) is 5.10 Å². The van der Waals surface area contributed by atoms with E-state index in [1.165, 1.54) is 25.7 Å². The van der Waals surface area contributed by atoms with Crippen molar-refractivity contribution in [2.24, 2.45) is 18.9 Å². The maximum Gasteiger partial charge on any atom is 0.242 e. The molecule has 0 bridgehead atoms. The molecule has 2 fully saturated rings. The first kappa shape index (κ1) is 12.7. The number of carbonyl (C=O) groups is 1. The van der Waals surface area contributed by atoms with Crippen LogP contribution in [0.4, 0.5) is 0 Å². The minimum Gasteiger partial charge on any atom is -0.351 e. The van der Waals surface area contributed by atoms with Gasteiger partial charge in [-0.1, -0.05) is 0 Å². The fraction of sp³-hybridized carbons (Fsp3) is 0.714. The van der Waals surface area contributed by atoms with E-state index in [4.69, 9.17) is 0 Å². The summed E-state index contributed by atoms with van der Waals surface area (Å²) >= 11 is 0. The molecule has 0 radical (unpaired) electrons. The first-order valence-corrected chi connectivity index (χ1v) is 7.15. The second-order valence-electron chi connectivity index (χ2n) is 5.88. The van der Waals surface area contributed by atoms with Crippen molar-refractivity contribution in [2.75, 3.05) is 7.05 Å². The standard InChI is InChI=1S/C14H22N4O/c1-15-13(11-7-16-18(2)8-11)14(19)17-12(9-3-4-9)10-5-6-10/h7-10,12-13,15H,3-6H2,1-2H3,(H,17,19). The van der Waals surface area contributed by atoms with Crippen molar-refractivity contribution >= 4 is 5.91 Å². The van der Waals surface area contributed by atoms with Crippen LogP contribution < -0.4 is 10.6 Å². The van der Waals surface area contributed by atoms with Crippen LogP contribution in [0.2, 0.25) is 0 Å². The first-order chi connectivity index (χ1) is 9.19. The second kappa shape index (κ2) is 4.96. The monoisotopic (exact) mass is 262 g/mol. The quantitative estimate of drug-likeness (QED) is 0.803. The summed E-state index contributed by atoms with van der Waals surface area (Å²) in [6.07, 6.45) is 8.75. The van der Waals surface area contributed by atoms with Gasteiger partial charge in [0.2, 0.25) is 5.91 Å².